The first-order valence-electron chi connectivity index (χ1n) is 6.83. The van der Waals surface area contributed by atoms with Crippen molar-refractivity contribution in [2.75, 3.05) is 6.61 Å². The second kappa shape index (κ2) is 5.09. The molecule has 4 nitrogen and oxygen atoms in total. The van der Waals surface area contributed by atoms with Gasteiger partial charge >= 0.3 is 5.97 Å². The summed E-state index contributed by atoms with van der Waals surface area (Å²) in [6, 6.07) is 7.52. The number of benzene rings is 1. The van der Waals surface area contributed by atoms with E-state index in [4.69, 9.17) is 16.3 Å². The van der Waals surface area contributed by atoms with Crippen molar-refractivity contribution in [2.24, 2.45) is 0 Å². The van der Waals surface area contributed by atoms with E-state index in [1.807, 2.05) is 12.1 Å². The standard InChI is InChI=1S/C15H16ClNO3/c16-11-3-1-10(2-4-11)15(7-8-15)14(19)20-9-13(18)17-12-5-6-12/h1-4,12H,5-9H2,(H,17,18). The largest absolute Gasteiger partial charge is 0.455 e. The van der Waals surface area contributed by atoms with Crippen molar-refractivity contribution < 1.29 is 14.3 Å². The molecular formula is C15H16ClNO3. The van der Waals surface area contributed by atoms with Crippen LogP contribution in [-0.4, -0.2) is 24.5 Å². The number of ether oxygens (including phenoxy) is 1. The molecule has 0 unspecified atom stereocenters. The molecule has 2 aliphatic carbocycles. The van der Waals surface area contributed by atoms with Crippen molar-refractivity contribution in [3.63, 3.8) is 0 Å². The Morgan fingerprint density at radius 1 is 1.25 bits per heavy atom. The molecule has 1 aromatic rings. The first-order valence-corrected chi connectivity index (χ1v) is 7.21. The second-order valence-electron chi connectivity index (χ2n) is 5.51. The number of nitrogens with one attached hydrogen (secondary N) is 1. The van der Waals surface area contributed by atoms with Crippen LogP contribution in [0.5, 0.6) is 0 Å². The van der Waals surface area contributed by atoms with Gasteiger partial charge in [-0.1, -0.05) is 23.7 Å². The predicted octanol–water partition coefficient (Wildman–Crippen LogP) is 2.19. The molecule has 0 atom stereocenters. The van der Waals surface area contributed by atoms with Crippen molar-refractivity contribution >= 4 is 23.5 Å². The molecule has 0 aromatic heterocycles. The van der Waals surface area contributed by atoms with Crippen LogP contribution >= 0.6 is 11.6 Å². The van der Waals surface area contributed by atoms with Crippen molar-refractivity contribution in [2.45, 2.75) is 37.1 Å². The Labute approximate surface area is 122 Å². The molecule has 3 rings (SSSR count). The molecule has 0 aliphatic heterocycles. The van der Waals surface area contributed by atoms with E-state index < -0.39 is 5.41 Å². The van der Waals surface area contributed by atoms with Crippen LogP contribution in [-0.2, 0) is 19.7 Å². The monoisotopic (exact) mass is 293 g/mol. The quantitative estimate of drug-likeness (QED) is 0.847. The van der Waals surface area contributed by atoms with Gasteiger partial charge in [-0.2, -0.15) is 0 Å². The van der Waals surface area contributed by atoms with E-state index in [9.17, 15) is 9.59 Å². The van der Waals surface area contributed by atoms with Gasteiger partial charge in [0.15, 0.2) is 6.61 Å². The molecule has 2 fully saturated rings. The molecule has 0 spiro atoms. The van der Waals surface area contributed by atoms with Gasteiger partial charge in [-0.05, 0) is 43.4 Å². The van der Waals surface area contributed by atoms with E-state index in [0.717, 1.165) is 31.2 Å². The Balaban J connectivity index is 1.58. The topological polar surface area (TPSA) is 55.4 Å². The summed E-state index contributed by atoms with van der Waals surface area (Å²) >= 11 is 5.85. The highest BCUT2D eigenvalue weighted by Gasteiger charge is 2.52. The van der Waals surface area contributed by atoms with E-state index in [0.29, 0.717) is 5.02 Å². The molecule has 106 valence electrons. The van der Waals surface area contributed by atoms with Gasteiger partial charge in [0.25, 0.3) is 5.91 Å². The summed E-state index contributed by atoms with van der Waals surface area (Å²) in [7, 11) is 0. The number of hydrogen-bond acceptors (Lipinski definition) is 3. The lowest BCUT2D eigenvalue weighted by Gasteiger charge is -2.14. The molecule has 0 bridgehead atoms. The van der Waals surface area contributed by atoms with Crippen LogP contribution < -0.4 is 5.32 Å². The summed E-state index contributed by atoms with van der Waals surface area (Å²) in [4.78, 5) is 23.7. The lowest BCUT2D eigenvalue weighted by Crippen LogP contribution is -2.33. The number of rotatable bonds is 5. The van der Waals surface area contributed by atoms with Gasteiger partial charge in [-0.3, -0.25) is 9.59 Å². The maximum Gasteiger partial charge on any atom is 0.317 e. The van der Waals surface area contributed by atoms with E-state index in [-0.39, 0.29) is 24.5 Å². The Bertz CT molecular complexity index is 533. The zero-order valence-electron chi connectivity index (χ0n) is 11.0. The zero-order chi connectivity index (χ0) is 14.2. The SMILES string of the molecule is O=C(COC(=O)C1(c2ccc(Cl)cc2)CC1)NC1CC1. The van der Waals surface area contributed by atoms with Crippen LogP contribution in [0.2, 0.25) is 5.02 Å². The molecule has 1 aromatic carbocycles. The number of carbonyl (C=O) groups is 2. The molecule has 2 saturated carbocycles. The van der Waals surface area contributed by atoms with Crippen LogP contribution in [0.3, 0.4) is 0 Å². The van der Waals surface area contributed by atoms with Gasteiger partial charge < -0.3 is 10.1 Å². The molecule has 2 aliphatic rings. The molecule has 1 N–H and O–H groups in total. The lowest BCUT2D eigenvalue weighted by molar-refractivity contribution is -0.151. The van der Waals surface area contributed by atoms with E-state index in [2.05, 4.69) is 5.32 Å². The molecule has 1 amide bonds. The third kappa shape index (κ3) is 2.80. The summed E-state index contributed by atoms with van der Waals surface area (Å²) in [6.45, 7) is -0.190. The summed E-state index contributed by atoms with van der Waals surface area (Å²) in [5.41, 5.74) is 0.347. The summed E-state index contributed by atoms with van der Waals surface area (Å²) in [5.74, 6) is -0.529. The molecular weight excluding hydrogens is 278 g/mol. The number of amides is 1. The Morgan fingerprint density at radius 2 is 1.90 bits per heavy atom. The van der Waals surface area contributed by atoms with Gasteiger partial charge in [0, 0.05) is 11.1 Å². The minimum Gasteiger partial charge on any atom is -0.455 e. The lowest BCUT2D eigenvalue weighted by atomic mass is 9.96. The summed E-state index contributed by atoms with van der Waals surface area (Å²) < 4.78 is 5.16. The van der Waals surface area contributed by atoms with Gasteiger partial charge in [0.05, 0.1) is 5.41 Å². The first kappa shape index (κ1) is 13.4. The number of esters is 1. The minimum atomic E-state index is -0.565. The number of halogens is 1. The predicted molar refractivity (Wildman–Crippen MR) is 74.5 cm³/mol. The highest BCUT2D eigenvalue weighted by atomic mass is 35.5. The van der Waals surface area contributed by atoms with Gasteiger partial charge in [0.2, 0.25) is 0 Å². The van der Waals surface area contributed by atoms with Crippen molar-refractivity contribution in [1.82, 2.24) is 5.32 Å². The minimum absolute atomic E-state index is 0.190. The van der Waals surface area contributed by atoms with E-state index >= 15 is 0 Å². The third-order valence-electron chi connectivity index (χ3n) is 3.81. The Kier molecular flexibility index (Phi) is 3.42. The normalized spacial score (nSPS) is 19.2. The van der Waals surface area contributed by atoms with Gasteiger partial charge in [-0.25, -0.2) is 0 Å². The van der Waals surface area contributed by atoms with E-state index in [1.165, 1.54) is 0 Å². The van der Waals surface area contributed by atoms with Crippen LogP contribution in [0.15, 0.2) is 24.3 Å². The fourth-order valence-corrected chi connectivity index (χ4v) is 2.40. The fraction of sp³-hybridized carbons (Fsp3) is 0.467. The zero-order valence-corrected chi connectivity index (χ0v) is 11.8. The van der Waals surface area contributed by atoms with Crippen LogP contribution in [0.25, 0.3) is 0 Å². The van der Waals surface area contributed by atoms with Gasteiger partial charge in [-0.15, -0.1) is 0 Å². The third-order valence-corrected chi connectivity index (χ3v) is 4.07. The highest BCUT2D eigenvalue weighted by Crippen LogP contribution is 2.49. The summed E-state index contributed by atoms with van der Waals surface area (Å²) in [6.07, 6.45) is 3.57. The number of hydrogen-bond donors (Lipinski definition) is 1. The maximum absolute atomic E-state index is 12.2. The Hall–Kier alpha value is -1.55. The maximum atomic E-state index is 12.2. The van der Waals surface area contributed by atoms with Crippen molar-refractivity contribution in [3.05, 3.63) is 34.9 Å². The molecule has 0 heterocycles. The Morgan fingerprint density at radius 3 is 2.45 bits per heavy atom. The van der Waals surface area contributed by atoms with Gasteiger partial charge in [0.1, 0.15) is 0 Å². The molecule has 0 radical (unpaired) electrons. The molecule has 20 heavy (non-hydrogen) atoms. The highest BCUT2D eigenvalue weighted by molar-refractivity contribution is 6.30. The van der Waals surface area contributed by atoms with Crippen LogP contribution in [0, 0.1) is 0 Å². The summed E-state index contributed by atoms with van der Waals surface area (Å²) in [5, 5.41) is 3.44. The average Bonchev–Trinajstić information content (AvgIpc) is 3.31. The first-order chi connectivity index (χ1) is 9.60. The fourth-order valence-electron chi connectivity index (χ4n) is 2.27. The smallest absolute Gasteiger partial charge is 0.317 e. The van der Waals surface area contributed by atoms with Crippen molar-refractivity contribution in [3.8, 4) is 0 Å². The van der Waals surface area contributed by atoms with E-state index in [1.54, 1.807) is 12.1 Å². The second-order valence-corrected chi connectivity index (χ2v) is 5.94. The number of carbonyl (C=O) groups excluding carboxylic acids is 2. The van der Waals surface area contributed by atoms with Crippen molar-refractivity contribution in [1.29, 1.82) is 0 Å². The molecule has 5 heteroatoms. The van der Waals surface area contributed by atoms with Crippen LogP contribution in [0.4, 0.5) is 0 Å². The average molecular weight is 294 g/mol. The molecule has 0 saturated heterocycles. The van der Waals surface area contributed by atoms with Crippen LogP contribution in [0.1, 0.15) is 31.2 Å².